The van der Waals surface area contributed by atoms with Crippen molar-refractivity contribution in [1.29, 1.82) is 0 Å². The van der Waals surface area contributed by atoms with Gasteiger partial charge in [-0.15, -0.1) is 0 Å². The summed E-state index contributed by atoms with van der Waals surface area (Å²) in [5, 5.41) is 0.284. The molecule has 7 heteroatoms. The first kappa shape index (κ1) is 19.6. The van der Waals surface area contributed by atoms with Crippen LogP contribution in [0, 0.1) is 0 Å². The Labute approximate surface area is 161 Å². The van der Waals surface area contributed by atoms with E-state index < -0.39 is 12.1 Å². The molecule has 0 aliphatic rings. The zero-order chi connectivity index (χ0) is 18.6. The van der Waals surface area contributed by atoms with E-state index in [4.69, 9.17) is 39.5 Å². The van der Waals surface area contributed by atoms with Crippen LogP contribution in [0.3, 0.4) is 0 Å². The monoisotopic (exact) mass is 399 g/mol. The zero-order valence-corrected chi connectivity index (χ0v) is 15.9. The summed E-state index contributed by atoms with van der Waals surface area (Å²) < 4.78 is 5.22. The predicted octanol–water partition coefficient (Wildman–Crippen LogP) is 4.85. The summed E-state index contributed by atoms with van der Waals surface area (Å²) in [6.45, 7) is 1.90. The van der Waals surface area contributed by atoms with E-state index in [0.29, 0.717) is 6.54 Å². The third-order valence-electron chi connectivity index (χ3n) is 3.52. The van der Waals surface area contributed by atoms with Gasteiger partial charge in [-0.1, -0.05) is 65.1 Å². The van der Waals surface area contributed by atoms with E-state index in [1.807, 2.05) is 30.3 Å². The average molecular weight is 401 g/mol. The lowest BCUT2D eigenvalue weighted by Gasteiger charge is -2.22. The molecule has 2 aromatic carbocycles. The van der Waals surface area contributed by atoms with Crippen LogP contribution in [0.25, 0.3) is 0 Å². The molecule has 0 spiro atoms. The van der Waals surface area contributed by atoms with Crippen LogP contribution in [-0.2, 0) is 16.1 Å². The molecular weight excluding hydrogens is 385 g/mol. The zero-order valence-electron chi connectivity index (χ0n) is 13.6. The van der Waals surface area contributed by atoms with Gasteiger partial charge in [-0.05, 0) is 24.6 Å². The van der Waals surface area contributed by atoms with Crippen LogP contribution in [0.4, 0.5) is 0 Å². The van der Waals surface area contributed by atoms with Crippen molar-refractivity contribution >= 4 is 46.7 Å². The number of halogens is 3. The van der Waals surface area contributed by atoms with Gasteiger partial charge >= 0.3 is 5.97 Å². The molecule has 0 N–H and O–H groups in total. The maximum atomic E-state index is 12.4. The fraction of sp³-hybridized carbons (Fsp3) is 0.222. The number of nitrogens with zero attached hydrogens (tertiary/aromatic N) is 1. The molecule has 0 unspecified atom stereocenters. The first-order chi connectivity index (χ1) is 11.8. The summed E-state index contributed by atoms with van der Waals surface area (Å²) in [6.07, 6.45) is -0.993. The van der Waals surface area contributed by atoms with E-state index in [0.717, 1.165) is 5.56 Å². The molecule has 0 saturated carbocycles. The second kappa shape index (κ2) is 8.56. The van der Waals surface area contributed by atoms with Gasteiger partial charge in [-0.3, -0.25) is 4.79 Å². The number of rotatable bonds is 5. The summed E-state index contributed by atoms with van der Waals surface area (Å²) in [7, 11) is 1.64. The summed E-state index contributed by atoms with van der Waals surface area (Å²) in [5.74, 6) is -1.14. The standard InChI is InChI=1S/C18H16Cl3NO3/c1-11(17(23)22(2)10-12-6-4-3-5-7-12)25-18(24)15-13(19)8-9-14(20)16(15)21/h3-9,11H,10H2,1-2H3/t11-/m0/s1. The minimum absolute atomic E-state index is 0.00328. The minimum Gasteiger partial charge on any atom is -0.449 e. The number of carbonyl (C=O) groups excluding carboxylic acids is 2. The second-order valence-electron chi connectivity index (χ2n) is 5.45. The van der Waals surface area contributed by atoms with Crippen LogP contribution in [0.5, 0.6) is 0 Å². The topological polar surface area (TPSA) is 46.6 Å². The van der Waals surface area contributed by atoms with Gasteiger partial charge in [-0.25, -0.2) is 4.79 Å². The summed E-state index contributed by atoms with van der Waals surface area (Å²) in [6, 6.07) is 12.4. The van der Waals surface area contributed by atoms with Crippen LogP contribution in [0.2, 0.25) is 15.1 Å². The molecular formula is C18H16Cl3NO3. The molecule has 2 aromatic rings. The fourth-order valence-electron chi connectivity index (χ4n) is 2.23. The largest absolute Gasteiger partial charge is 0.449 e. The molecule has 0 fully saturated rings. The highest BCUT2D eigenvalue weighted by Crippen LogP contribution is 2.32. The Balaban J connectivity index is 2.06. The summed E-state index contributed by atoms with van der Waals surface area (Å²) >= 11 is 17.9. The number of benzene rings is 2. The van der Waals surface area contributed by atoms with Crippen molar-refractivity contribution in [2.45, 2.75) is 19.6 Å². The van der Waals surface area contributed by atoms with E-state index in [2.05, 4.69) is 0 Å². The van der Waals surface area contributed by atoms with Gasteiger partial charge in [0.2, 0.25) is 0 Å². The van der Waals surface area contributed by atoms with Gasteiger partial charge in [0.25, 0.3) is 5.91 Å². The van der Waals surface area contributed by atoms with E-state index in [9.17, 15) is 9.59 Å². The summed E-state index contributed by atoms with van der Waals surface area (Å²) in [4.78, 5) is 26.2. The molecule has 25 heavy (non-hydrogen) atoms. The highest BCUT2D eigenvalue weighted by molar-refractivity contribution is 6.46. The Bertz CT molecular complexity index is 781. The van der Waals surface area contributed by atoms with Crippen LogP contribution >= 0.6 is 34.8 Å². The third kappa shape index (κ3) is 4.88. The molecule has 0 heterocycles. The summed E-state index contributed by atoms with van der Waals surface area (Å²) in [5.41, 5.74) is 0.916. The van der Waals surface area contributed by atoms with Gasteiger partial charge in [0, 0.05) is 13.6 Å². The number of hydrogen-bond donors (Lipinski definition) is 0. The van der Waals surface area contributed by atoms with Crippen molar-refractivity contribution in [3.8, 4) is 0 Å². The third-order valence-corrected chi connectivity index (χ3v) is 4.64. The van der Waals surface area contributed by atoms with Crippen molar-refractivity contribution in [1.82, 2.24) is 4.90 Å². The molecule has 132 valence electrons. The Hall–Kier alpha value is -1.75. The Morgan fingerprint density at radius 3 is 2.28 bits per heavy atom. The van der Waals surface area contributed by atoms with Gasteiger partial charge in [0.05, 0.1) is 20.6 Å². The van der Waals surface area contributed by atoms with Crippen LogP contribution in [0.15, 0.2) is 42.5 Å². The predicted molar refractivity (Wildman–Crippen MR) is 99.3 cm³/mol. The van der Waals surface area contributed by atoms with Gasteiger partial charge in [0.1, 0.15) is 0 Å². The first-order valence-electron chi connectivity index (χ1n) is 7.44. The number of esters is 1. The Morgan fingerprint density at radius 1 is 1.04 bits per heavy atom. The molecule has 1 amide bonds. The molecule has 0 aromatic heterocycles. The Morgan fingerprint density at radius 2 is 1.64 bits per heavy atom. The number of hydrogen-bond acceptors (Lipinski definition) is 3. The minimum atomic E-state index is -0.993. The van der Waals surface area contributed by atoms with Crippen molar-refractivity contribution in [3.05, 3.63) is 68.7 Å². The van der Waals surface area contributed by atoms with Gasteiger partial charge in [0.15, 0.2) is 6.10 Å². The lowest BCUT2D eigenvalue weighted by Crippen LogP contribution is -2.37. The molecule has 0 aliphatic heterocycles. The number of carbonyl (C=O) groups is 2. The quantitative estimate of drug-likeness (QED) is 0.532. The molecule has 4 nitrogen and oxygen atoms in total. The van der Waals surface area contributed by atoms with Crippen molar-refractivity contribution in [3.63, 3.8) is 0 Å². The highest BCUT2D eigenvalue weighted by Gasteiger charge is 2.25. The molecule has 2 rings (SSSR count). The lowest BCUT2D eigenvalue weighted by molar-refractivity contribution is -0.139. The highest BCUT2D eigenvalue weighted by atomic mass is 35.5. The van der Waals surface area contributed by atoms with E-state index in [-0.39, 0.29) is 26.5 Å². The average Bonchev–Trinajstić information content (AvgIpc) is 2.58. The fourth-order valence-corrected chi connectivity index (χ4v) is 2.91. The van der Waals surface area contributed by atoms with E-state index >= 15 is 0 Å². The number of likely N-dealkylation sites (N-methyl/N-ethyl adjacent to an activating group) is 1. The molecule has 0 bridgehead atoms. The van der Waals surface area contributed by atoms with Crippen LogP contribution in [0.1, 0.15) is 22.8 Å². The lowest BCUT2D eigenvalue weighted by atomic mass is 10.2. The van der Waals surface area contributed by atoms with Crippen molar-refractivity contribution in [2.75, 3.05) is 7.05 Å². The van der Waals surface area contributed by atoms with Crippen molar-refractivity contribution < 1.29 is 14.3 Å². The molecule has 0 aliphatic carbocycles. The van der Waals surface area contributed by atoms with E-state index in [1.165, 1.54) is 24.0 Å². The molecule has 0 radical (unpaired) electrons. The Kier molecular flexibility index (Phi) is 6.71. The van der Waals surface area contributed by atoms with Gasteiger partial charge < -0.3 is 9.64 Å². The SMILES string of the molecule is C[C@H](OC(=O)c1c(Cl)ccc(Cl)c1Cl)C(=O)N(C)Cc1ccccc1. The van der Waals surface area contributed by atoms with Crippen LogP contribution in [-0.4, -0.2) is 29.9 Å². The number of ether oxygens (including phenoxy) is 1. The van der Waals surface area contributed by atoms with E-state index in [1.54, 1.807) is 7.05 Å². The second-order valence-corrected chi connectivity index (χ2v) is 6.64. The maximum absolute atomic E-state index is 12.4. The van der Waals surface area contributed by atoms with Gasteiger partial charge in [-0.2, -0.15) is 0 Å². The molecule has 1 atom stereocenters. The van der Waals surface area contributed by atoms with Crippen molar-refractivity contribution in [2.24, 2.45) is 0 Å². The molecule has 0 saturated heterocycles. The number of amides is 1. The first-order valence-corrected chi connectivity index (χ1v) is 8.58. The maximum Gasteiger partial charge on any atom is 0.342 e. The smallest absolute Gasteiger partial charge is 0.342 e. The normalized spacial score (nSPS) is 11.7. The van der Waals surface area contributed by atoms with Crippen LogP contribution < -0.4 is 0 Å².